The summed E-state index contributed by atoms with van der Waals surface area (Å²) >= 11 is 6.04. The molecule has 1 atom stereocenters. The van der Waals surface area contributed by atoms with Gasteiger partial charge in [-0.3, -0.25) is 14.5 Å². The van der Waals surface area contributed by atoms with Crippen molar-refractivity contribution >= 4 is 34.7 Å². The average molecular weight is 438 g/mol. The molecule has 3 aromatic carbocycles. The highest BCUT2D eigenvalue weighted by Crippen LogP contribution is 2.42. The number of nitrogens with zero attached hydrogens (tertiary/aromatic N) is 1. The molecule has 1 N–H and O–H groups in total. The Labute approximate surface area is 182 Å². The summed E-state index contributed by atoms with van der Waals surface area (Å²) in [5.74, 6) is -1.89. The third kappa shape index (κ3) is 3.78. The van der Waals surface area contributed by atoms with Crippen molar-refractivity contribution in [1.29, 1.82) is 0 Å². The number of methoxy groups -OCH3 is 1. The van der Waals surface area contributed by atoms with E-state index in [0.29, 0.717) is 27.6 Å². The van der Waals surface area contributed by atoms with E-state index in [1.807, 2.05) is 0 Å². The molecule has 1 fully saturated rings. The van der Waals surface area contributed by atoms with Crippen LogP contribution >= 0.6 is 11.6 Å². The first-order chi connectivity index (χ1) is 14.9. The summed E-state index contributed by atoms with van der Waals surface area (Å²) in [6.45, 7) is 0. The highest BCUT2D eigenvalue weighted by atomic mass is 35.5. The van der Waals surface area contributed by atoms with Crippen LogP contribution in [0.4, 0.5) is 10.1 Å². The molecule has 7 heteroatoms. The van der Waals surface area contributed by atoms with Crippen molar-refractivity contribution in [1.82, 2.24) is 0 Å². The second kappa shape index (κ2) is 8.24. The minimum absolute atomic E-state index is 0.0817. The largest absolute Gasteiger partial charge is 0.507 e. The highest BCUT2D eigenvalue weighted by Gasteiger charge is 2.47. The number of benzene rings is 3. The fourth-order valence-corrected chi connectivity index (χ4v) is 3.78. The number of anilines is 1. The number of carbonyl (C=O) groups is 2. The second-order valence-corrected chi connectivity index (χ2v) is 7.37. The zero-order chi connectivity index (χ0) is 22.1. The molecule has 3 aromatic rings. The number of amides is 1. The molecule has 1 aliphatic heterocycles. The molecule has 0 aliphatic carbocycles. The van der Waals surface area contributed by atoms with Gasteiger partial charge in [0.2, 0.25) is 0 Å². The third-order valence-electron chi connectivity index (χ3n) is 5.08. The van der Waals surface area contributed by atoms with Crippen LogP contribution in [0.5, 0.6) is 5.75 Å². The number of ether oxygens (including phenoxy) is 1. The standard InChI is InChI=1S/C24H17ClFNO4/c1-31-19-11-5-14(6-12-19)21-20(22(28)15-3-2-4-16(25)13-15)23(29)24(30)27(21)18-9-7-17(26)8-10-18/h2-13,21,28H,1H3/b22-20-. The van der Waals surface area contributed by atoms with E-state index in [0.717, 1.165) is 0 Å². The normalized spacial score (nSPS) is 17.8. The fraction of sp³-hybridized carbons (Fsp3) is 0.0833. The molecule has 0 spiro atoms. The molecule has 1 unspecified atom stereocenters. The number of ketones is 1. The quantitative estimate of drug-likeness (QED) is 0.350. The molecule has 1 saturated heterocycles. The van der Waals surface area contributed by atoms with E-state index in [1.165, 1.54) is 42.3 Å². The molecule has 0 radical (unpaired) electrons. The molecular formula is C24H17ClFNO4. The van der Waals surface area contributed by atoms with Gasteiger partial charge in [0.1, 0.15) is 17.3 Å². The second-order valence-electron chi connectivity index (χ2n) is 6.93. The van der Waals surface area contributed by atoms with Gasteiger partial charge in [-0.2, -0.15) is 0 Å². The lowest BCUT2D eigenvalue weighted by atomic mass is 9.95. The minimum Gasteiger partial charge on any atom is -0.507 e. The van der Waals surface area contributed by atoms with Crippen LogP contribution in [0.2, 0.25) is 5.02 Å². The average Bonchev–Trinajstić information content (AvgIpc) is 3.04. The van der Waals surface area contributed by atoms with Crippen LogP contribution < -0.4 is 9.64 Å². The predicted octanol–water partition coefficient (Wildman–Crippen LogP) is 5.11. The molecule has 1 aliphatic rings. The van der Waals surface area contributed by atoms with Gasteiger partial charge in [-0.05, 0) is 54.1 Å². The van der Waals surface area contributed by atoms with Gasteiger partial charge in [0, 0.05) is 16.3 Å². The molecule has 0 bridgehead atoms. The minimum atomic E-state index is -0.921. The smallest absolute Gasteiger partial charge is 0.300 e. The Balaban J connectivity index is 1.93. The fourth-order valence-electron chi connectivity index (χ4n) is 3.59. The lowest BCUT2D eigenvalue weighted by Gasteiger charge is -2.25. The van der Waals surface area contributed by atoms with Crippen LogP contribution in [0.1, 0.15) is 17.2 Å². The summed E-state index contributed by atoms with van der Waals surface area (Å²) in [7, 11) is 1.53. The molecule has 0 saturated carbocycles. The maximum atomic E-state index is 13.5. The summed E-state index contributed by atoms with van der Waals surface area (Å²) < 4.78 is 18.7. The topological polar surface area (TPSA) is 66.8 Å². The molecule has 1 amide bonds. The number of rotatable bonds is 4. The molecule has 5 nitrogen and oxygen atoms in total. The summed E-state index contributed by atoms with van der Waals surface area (Å²) in [4.78, 5) is 27.3. The first-order valence-corrected chi connectivity index (χ1v) is 9.75. The van der Waals surface area contributed by atoms with E-state index < -0.39 is 23.5 Å². The summed E-state index contributed by atoms with van der Waals surface area (Å²) in [6.07, 6.45) is 0. The Bertz CT molecular complexity index is 1190. The summed E-state index contributed by atoms with van der Waals surface area (Å²) in [6, 6.07) is 17.5. The van der Waals surface area contributed by atoms with Crippen molar-refractivity contribution in [3.63, 3.8) is 0 Å². The van der Waals surface area contributed by atoms with E-state index in [-0.39, 0.29) is 11.3 Å². The number of carbonyl (C=O) groups excluding carboxylic acids is 2. The van der Waals surface area contributed by atoms with Gasteiger partial charge in [0.25, 0.3) is 11.7 Å². The van der Waals surface area contributed by atoms with Gasteiger partial charge in [-0.15, -0.1) is 0 Å². The Morgan fingerprint density at radius 1 is 1.03 bits per heavy atom. The number of hydrogen-bond donors (Lipinski definition) is 1. The van der Waals surface area contributed by atoms with Crippen LogP contribution in [0.15, 0.2) is 78.4 Å². The van der Waals surface area contributed by atoms with E-state index in [1.54, 1.807) is 42.5 Å². The number of aliphatic hydroxyl groups excluding tert-OH is 1. The van der Waals surface area contributed by atoms with Crippen LogP contribution in [-0.2, 0) is 9.59 Å². The number of halogens is 2. The van der Waals surface area contributed by atoms with E-state index in [2.05, 4.69) is 0 Å². The van der Waals surface area contributed by atoms with E-state index >= 15 is 0 Å². The Morgan fingerprint density at radius 3 is 2.32 bits per heavy atom. The van der Waals surface area contributed by atoms with Gasteiger partial charge in [0.15, 0.2) is 0 Å². The van der Waals surface area contributed by atoms with Gasteiger partial charge in [0.05, 0.1) is 18.7 Å². The monoisotopic (exact) mass is 437 g/mol. The van der Waals surface area contributed by atoms with Crippen molar-refractivity contribution < 1.29 is 23.8 Å². The van der Waals surface area contributed by atoms with E-state index in [4.69, 9.17) is 16.3 Å². The number of hydrogen-bond acceptors (Lipinski definition) is 4. The van der Waals surface area contributed by atoms with Gasteiger partial charge >= 0.3 is 0 Å². The van der Waals surface area contributed by atoms with Crippen LogP contribution in [-0.4, -0.2) is 23.9 Å². The first kappa shape index (κ1) is 20.6. The number of Topliss-reactive ketones (excluding diaryl/α,β-unsaturated/α-hetero) is 1. The van der Waals surface area contributed by atoms with Gasteiger partial charge in [-0.1, -0.05) is 35.9 Å². The van der Waals surface area contributed by atoms with Crippen molar-refractivity contribution in [2.75, 3.05) is 12.0 Å². The third-order valence-corrected chi connectivity index (χ3v) is 5.31. The summed E-state index contributed by atoms with van der Waals surface area (Å²) in [5, 5.41) is 11.4. The van der Waals surface area contributed by atoms with Crippen molar-refractivity contribution in [2.45, 2.75) is 6.04 Å². The lowest BCUT2D eigenvalue weighted by molar-refractivity contribution is -0.132. The lowest BCUT2D eigenvalue weighted by Crippen LogP contribution is -2.29. The first-order valence-electron chi connectivity index (χ1n) is 9.37. The zero-order valence-corrected chi connectivity index (χ0v) is 17.1. The molecular weight excluding hydrogens is 421 g/mol. The maximum Gasteiger partial charge on any atom is 0.300 e. The van der Waals surface area contributed by atoms with Crippen LogP contribution in [0, 0.1) is 5.82 Å². The van der Waals surface area contributed by atoms with Gasteiger partial charge < -0.3 is 9.84 Å². The zero-order valence-electron chi connectivity index (χ0n) is 16.4. The van der Waals surface area contributed by atoms with Crippen LogP contribution in [0.25, 0.3) is 5.76 Å². The van der Waals surface area contributed by atoms with Gasteiger partial charge in [-0.25, -0.2) is 4.39 Å². The Kier molecular flexibility index (Phi) is 5.48. The van der Waals surface area contributed by atoms with Crippen LogP contribution in [0.3, 0.4) is 0 Å². The Hall–Kier alpha value is -3.64. The van der Waals surface area contributed by atoms with Crippen molar-refractivity contribution in [3.05, 3.63) is 100 Å². The maximum absolute atomic E-state index is 13.5. The predicted molar refractivity (Wildman–Crippen MR) is 116 cm³/mol. The van der Waals surface area contributed by atoms with Crippen molar-refractivity contribution in [2.24, 2.45) is 0 Å². The summed E-state index contributed by atoms with van der Waals surface area (Å²) in [5.41, 5.74) is 1.13. The highest BCUT2D eigenvalue weighted by molar-refractivity contribution is 6.51. The molecule has 156 valence electrons. The SMILES string of the molecule is COc1ccc(C2/C(=C(/O)c3cccc(Cl)c3)C(=O)C(=O)N2c2ccc(F)cc2)cc1. The molecule has 31 heavy (non-hydrogen) atoms. The molecule has 4 rings (SSSR count). The van der Waals surface area contributed by atoms with E-state index in [9.17, 15) is 19.1 Å². The van der Waals surface area contributed by atoms with Crippen molar-refractivity contribution in [3.8, 4) is 5.75 Å². The Morgan fingerprint density at radius 2 is 1.71 bits per heavy atom. The molecule has 0 aromatic heterocycles. The molecule has 1 heterocycles. The number of aliphatic hydroxyl groups is 1.